The maximum absolute atomic E-state index is 12.5. The lowest BCUT2D eigenvalue weighted by molar-refractivity contribution is 0.0856. The average molecular weight is 356 g/mol. The first-order valence-corrected chi connectivity index (χ1v) is 8.01. The second kappa shape index (κ2) is 6.20. The number of nitrogens with one attached hydrogen (secondary N) is 1. The number of halogens is 2. The van der Waals surface area contributed by atoms with E-state index in [0.29, 0.717) is 39.8 Å². The molecule has 1 amide bonds. The Morgan fingerprint density at radius 3 is 2.68 bits per heavy atom. The van der Waals surface area contributed by atoms with Crippen molar-refractivity contribution in [1.29, 1.82) is 0 Å². The summed E-state index contributed by atoms with van der Waals surface area (Å²) >= 11 is 13.5. The number of hydrogen-bond donors (Lipinski definition) is 1. The summed E-state index contributed by atoms with van der Waals surface area (Å²) in [5.41, 5.74) is 0.526. The zero-order valence-corrected chi connectivity index (χ0v) is 13.8. The summed E-state index contributed by atoms with van der Waals surface area (Å²) in [7, 11) is 0. The second-order valence-corrected chi connectivity index (χ2v) is 6.51. The number of anilines is 1. The van der Waals surface area contributed by atoms with Gasteiger partial charge in [-0.1, -0.05) is 40.6 Å². The van der Waals surface area contributed by atoms with Crippen LogP contribution in [0.2, 0.25) is 10.0 Å². The van der Waals surface area contributed by atoms with Crippen molar-refractivity contribution in [3.63, 3.8) is 0 Å². The fourth-order valence-corrected chi connectivity index (χ4v) is 3.11. The van der Waals surface area contributed by atoms with Gasteiger partial charge in [0.2, 0.25) is 11.0 Å². The highest BCUT2D eigenvalue weighted by Gasteiger charge is 2.28. The molecule has 1 aromatic heterocycles. The molecule has 114 valence electrons. The molecule has 0 bridgehead atoms. The monoisotopic (exact) mass is 355 g/mol. The van der Waals surface area contributed by atoms with E-state index in [4.69, 9.17) is 23.2 Å². The lowest BCUT2D eigenvalue weighted by Crippen LogP contribution is -2.38. The highest BCUT2D eigenvalue weighted by molar-refractivity contribution is 7.13. The van der Waals surface area contributed by atoms with Crippen molar-refractivity contribution in [1.82, 2.24) is 15.1 Å². The molecule has 2 aromatic rings. The molecular weight excluding hydrogens is 345 g/mol. The smallest absolute Gasteiger partial charge is 0.291 e. The molecular formula is C13H11Cl2N5OS. The molecule has 0 saturated heterocycles. The van der Waals surface area contributed by atoms with E-state index in [9.17, 15) is 4.79 Å². The normalized spacial score (nSPS) is 14.1. The third kappa shape index (κ3) is 2.92. The molecule has 1 aliphatic heterocycles. The summed E-state index contributed by atoms with van der Waals surface area (Å²) in [6.45, 7) is 2.78. The van der Waals surface area contributed by atoms with Crippen molar-refractivity contribution in [2.45, 2.75) is 6.92 Å². The SMILES string of the molecule is Cc1nnc(C(=O)N2CCN=C2Nc2c(Cl)cccc2Cl)s1. The average Bonchev–Trinajstić information content (AvgIpc) is 3.11. The van der Waals surface area contributed by atoms with Crippen molar-refractivity contribution < 1.29 is 4.79 Å². The Bertz CT molecular complexity index is 740. The Morgan fingerprint density at radius 2 is 2.05 bits per heavy atom. The van der Waals surface area contributed by atoms with Gasteiger partial charge >= 0.3 is 0 Å². The van der Waals surface area contributed by atoms with Gasteiger partial charge in [0, 0.05) is 6.54 Å². The number of amides is 1. The van der Waals surface area contributed by atoms with Crippen LogP contribution in [0.1, 0.15) is 14.8 Å². The van der Waals surface area contributed by atoms with Crippen molar-refractivity contribution in [3.8, 4) is 0 Å². The Labute approximate surface area is 140 Å². The number of benzene rings is 1. The highest BCUT2D eigenvalue weighted by Crippen LogP contribution is 2.30. The molecule has 6 nitrogen and oxygen atoms in total. The molecule has 3 rings (SSSR count). The van der Waals surface area contributed by atoms with Gasteiger partial charge < -0.3 is 5.32 Å². The molecule has 0 atom stereocenters. The first kappa shape index (κ1) is 15.2. The van der Waals surface area contributed by atoms with E-state index in [0.717, 1.165) is 5.01 Å². The van der Waals surface area contributed by atoms with Crippen molar-refractivity contribution >= 4 is 52.1 Å². The number of carbonyl (C=O) groups excluding carboxylic acids is 1. The number of para-hydroxylation sites is 1. The molecule has 9 heteroatoms. The molecule has 0 aliphatic carbocycles. The van der Waals surface area contributed by atoms with Gasteiger partial charge in [-0.2, -0.15) is 0 Å². The number of guanidine groups is 1. The topological polar surface area (TPSA) is 70.5 Å². The first-order valence-electron chi connectivity index (χ1n) is 6.43. The Balaban J connectivity index is 1.83. The van der Waals surface area contributed by atoms with Crippen LogP contribution in [0, 0.1) is 6.92 Å². The van der Waals surface area contributed by atoms with Crippen LogP contribution in [0.15, 0.2) is 23.2 Å². The number of carbonyl (C=O) groups is 1. The van der Waals surface area contributed by atoms with Crippen LogP contribution in [0.25, 0.3) is 0 Å². The first-order chi connectivity index (χ1) is 10.6. The third-order valence-electron chi connectivity index (χ3n) is 2.99. The Kier molecular flexibility index (Phi) is 4.28. The molecule has 1 aliphatic rings. The Hall–Kier alpha value is -1.70. The number of aryl methyl sites for hydroxylation is 1. The second-order valence-electron chi connectivity index (χ2n) is 4.51. The van der Waals surface area contributed by atoms with Crippen molar-refractivity contribution in [3.05, 3.63) is 38.3 Å². The van der Waals surface area contributed by atoms with Crippen molar-refractivity contribution in [2.75, 3.05) is 18.4 Å². The van der Waals surface area contributed by atoms with Crippen LogP contribution >= 0.6 is 34.5 Å². The van der Waals surface area contributed by atoms with Gasteiger partial charge in [0.1, 0.15) is 5.01 Å². The van der Waals surface area contributed by atoms with Crippen LogP contribution in [-0.2, 0) is 0 Å². The number of hydrogen-bond acceptors (Lipinski definition) is 6. The van der Waals surface area contributed by atoms with Crippen LogP contribution < -0.4 is 5.32 Å². The fourth-order valence-electron chi connectivity index (χ4n) is 1.98. The minimum absolute atomic E-state index is 0.238. The van der Waals surface area contributed by atoms with E-state index in [2.05, 4.69) is 20.5 Å². The van der Waals surface area contributed by atoms with Crippen molar-refractivity contribution in [2.24, 2.45) is 4.99 Å². The Morgan fingerprint density at radius 1 is 1.32 bits per heavy atom. The lowest BCUT2D eigenvalue weighted by Gasteiger charge is -2.19. The summed E-state index contributed by atoms with van der Waals surface area (Å²) < 4.78 is 0. The zero-order chi connectivity index (χ0) is 15.7. The minimum atomic E-state index is -0.238. The summed E-state index contributed by atoms with van der Waals surface area (Å²) in [5.74, 6) is 0.172. The molecule has 2 heterocycles. The molecule has 1 N–H and O–H groups in total. The van der Waals surface area contributed by atoms with E-state index < -0.39 is 0 Å². The van der Waals surface area contributed by atoms with Gasteiger partial charge in [-0.3, -0.25) is 14.7 Å². The minimum Gasteiger partial charge on any atom is -0.323 e. The summed E-state index contributed by atoms with van der Waals surface area (Å²) in [6.07, 6.45) is 0. The van der Waals surface area contributed by atoms with Crippen LogP contribution in [-0.4, -0.2) is 40.1 Å². The summed E-state index contributed by atoms with van der Waals surface area (Å²) in [4.78, 5) is 18.3. The maximum Gasteiger partial charge on any atom is 0.291 e. The van der Waals surface area contributed by atoms with Gasteiger partial charge in [-0.05, 0) is 19.1 Å². The third-order valence-corrected chi connectivity index (χ3v) is 4.45. The van der Waals surface area contributed by atoms with Gasteiger partial charge in [0.05, 0.1) is 22.3 Å². The van der Waals surface area contributed by atoms with Crippen LogP contribution in [0.3, 0.4) is 0 Å². The molecule has 0 radical (unpaired) electrons. The van der Waals surface area contributed by atoms with Crippen LogP contribution in [0.4, 0.5) is 5.69 Å². The quantitative estimate of drug-likeness (QED) is 0.898. The molecule has 22 heavy (non-hydrogen) atoms. The van der Waals surface area contributed by atoms with E-state index in [1.54, 1.807) is 25.1 Å². The number of aromatic nitrogens is 2. The standard InChI is InChI=1S/C13H11Cl2N5OS/c1-7-18-19-11(22-7)12(21)20-6-5-16-13(20)17-10-8(14)3-2-4-9(10)15/h2-4H,5-6H2,1H3,(H,16,17). The van der Waals surface area contributed by atoms with E-state index >= 15 is 0 Å². The summed E-state index contributed by atoms with van der Waals surface area (Å²) in [6, 6.07) is 5.18. The van der Waals surface area contributed by atoms with Gasteiger partial charge in [0.25, 0.3) is 5.91 Å². The predicted octanol–water partition coefficient (Wildman–Crippen LogP) is 3.08. The lowest BCUT2D eigenvalue weighted by atomic mass is 10.3. The predicted molar refractivity (Wildman–Crippen MR) is 88.1 cm³/mol. The number of aliphatic imine (C=N–C) groups is 1. The van der Waals surface area contributed by atoms with Crippen LogP contribution in [0.5, 0.6) is 0 Å². The zero-order valence-electron chi connectivity index (χ0n) is 11.5. The van der Waals surface area contributed by atoms with Gasteiger partial charge in [0.15, 0.2) is 0 Å². The van der Waals surface area contributed by atoms with E-state index in [1.807, 2.05) is 0 Å². The van der Waals surface area contributed by atoms with E-state index in [1.165, 1.54) is 16.2 Å². The molecule has 0 unspecified atom stereocenters. The maximum atomic E-state index is 12.5. The molecule has 0 saturated carbocycles. The van der Waals surface area contributed by atoms with Gasteiger partial charge in [-0.25, -0.2) is 0 Å². The molecule has 1 aromatic carbocycles. The highest BCUT2D eigenvalue weighted by atomic mass is 35.5. The number of nitrogens with zero attached hydrogens (tertiary/aromatic N) is 4. The fraction of sp³-hybridized carbons (Fsp3) is 0.231. The molecule has 0 fully saturated rings. The number of rotatable bonds is 2. The largest absolute Gasteiger partial charge is 0.323 e. The van der Waals surface area contributed by atoms with Gasteiger partial charge in [-0.15, -0.1) is 10.2 Å². The summed E-state index contributed by atoms with van der Waals surface area (Å²) in [5, 5.41) is 12.8. The van der Waals surface area contributed by atoms with E-state index in [-0.39, 0.29) is 5.91 Å². The molecule has 0 spiro atoms.